The second kappa shape index (κ2) is 4.50. The molecule has 0 radical (unpaired) electrons. The SMILES string of the molecule is Nc1ccc(N2CCN3CCOCC3C2)nc1. The Morgan fingerprint density at radius 3 is 3.06 bits per heavy atom. The minimum absolute atomic E-state index is 0.511. The van der Waals surface area contributed by atoms with E-state index in [0.717, 1.165) is 45.2 Å². The van der Waals surface area contributed by atoms with Crippen molar-refractivity contribution >= 4 is 11.5 Å². The van der Waals surface area contributed by atoms with E-state index >= 15 is 0 Å². The van der Waals surface area contributed by atoms with Crippen molar-refractivity contribution in [3.05, 3.63) is 18.3 Å². The summed E-state index contributed by atoms with van der Waals surface area (Å²) in [6.45, 7) is 5.90. The van der Waals surface area contributed by atoms with Crippen LogP contribution in [0.1, 0.15) is 0 Å². The van der Waals surface area contributed by atoms with Gasteiger partial charge < -0.3 is 15.4 Å². The number of hydrogen-bond acceptors (Lipinski definition) is 5. The molecule has 0 spiro atoms. The third-order valence-electron chi connectivity index (χ3n) is 3.53. The predicted molar refractivity (Wildman–Crippen MR) is 67.0 cm³/mol. The van der Waals surface area contributed by atoms with Crippen molar-refractivity contribution in [3.63, 3.8) is 0 Å². The van der Waals surface area contributed by atoms with Gasteiger partial charge in [0.15, 0.2) is 0 Å². The maximum absolute atomic E-state index is 5.65. The molecular formula is C12H18N4O. The Kier molecular flexibility index (Phi) is 2.86. The molecule has 0 aliphatic carbocycles. The molecule has 2 N–H and O–H groups in total. The van der Waals surface area contributed by atoms with Crippen molar-refractivity contribution in [3.8, 4) is 0 Å². The number of nitrogen functional groups attached to an aromatic ring is 1. The van der Waals surface area contributed by atoms with Crippen LogP contribution in [-0.4, -0.2) is 55.3 Å². The summed E-state index contributed by atoms with van der Waals surface area (Å²) in [4.78, 5) is 9.21. The highest BCUT2D eigenvalue weighted by Gasteiger charge is 2.29. The van der Waals surface area contributed by atoms with Crippen molar-refractivity contribution in [2.24, 2.45) is 0 Å². The lowest BCUT2D eigenvalue weighted by Crippen LogP contribution is -2.58. The van der Waals surface area contributed by atoms with Gasteiger partial charge >= 0.3 is 0 Å². The molecule has 3 rings (SSSR count). The monoisotopic (exact) mass is 234 g/mol. The summed E-state index contributed by atoms with van der Waals surface area (Å²) in [5.41, 5.74) is 6.37. The fraction of sp³-hybridized carbons (Fsp3) is 0.583. The number of ether oxygens (including phenoxy) is 1. The Labute approximate surface area is 101 Å². The molecule has 0 saturated carbocycles. The van der Waals surface area contributed by atoms with Gasteiger partial charge in [0.25, 0.3) is 0 Å². The van der Waals surface area contributed by atoms with Crippen molar-refractivity contribution in [2.45, 2.75) is 6.04 Å². The lowest BCUT2D eigenvalue weighted by molar-refractivity contribution is -0.0117. The molecular weight excluding hydrogens is 216 g/mol. The number of pyridine rings is 1. The van der Waals surface area contributed by atoms with Gasteiger partial charge in [-0.15, -0.1) is 0 Å². The second-order valence-electron chi connectivity index (χ2n) is 4.66. The Balaban J connectivity index is 1.71. The van der Waals surface area contributed by atoms with E-state index in [1.54, 1.807) is 6.20 Å². The lowest BCUT2D eigenvalue weighted by Gasteiger charge is -2.44. The van der Waals surface area contributed by atoms with Crippen LogP contribution in [0.2, 0.25) is 0 Å². The van der Waals surface area contributed by atoms with Gasteiger partial charge in [-0.2, -0.15) is 0 Å². The van der Waals surface area contributed by atoms with Crippen LogP contribution >= 0.6 is 0 Å². The van der Waals surface area contributed by atoms with Crippen LogP contribution in [0.5, 0.6) is 0 Å². The molecule has 1 atom stereocenters. The normalized spacial score (nSPS) is 25.6. The van der Waals surface area contributed by atoms with Crippen LogP contribution in [0.15, 0.2) is 18.3 Å². The molecule has 1 aromatic rings. The maximum atomic E-state index is 5.65. The van der Waals surface area contributed by atoms with E-state index in [-0.39, 0.29) is 0 Å². The summed E-state index contributed by atoms with van der Waals surface area (Å²) in [7, 11) is 0. The van der Waals surface area contributed by atoms with Gasteiger partial charge in [-0.25, -0.2) is 4.98 Å². The zero-order valence-electron chi connectivity index (χ0n) is 9.88. The fourth-order valence-electron chi connectivity index (χ4n) is 2.54. The summed E-state index contributed by atoms with van der Waals surface area (Å²) in [5, 5.41) is 0. The van der Waals surface area contributed by atoms with Crippen LogP contribution in [0.25, 0.3) is 0 Å². The second-order valence-corrected chi connectivity index (χ2v) is 4.66. The van der Waals surface area contributed by atoms with E-state index in [2.05, 4.69) is 14.8 Å². The van der Waals surface area contributed by atoms with Crippen molar-refractivity contribution in [2.75, 3.05) is 50.0 Å². The van der Waals surface area contributed by atoms with Gasteiger partial charge in [0.05, 0.1) is 31.1 Å². The van der Waals surface area contributed by atoms with E-state index in [9.17, 15) is 0 Å². The van der Waals surface area contributed by atoms with Crippen molar-refractivity contribution < 1.29 is 4.74 Å². The van der Waals surface area contributed by atoms with Crippen LogP contribution < -0.4 is 10.6 Å². The number of anilines is 2. The highest BCUT2D eigenvalue weighted by Crippen LogP contribution is 2.19. The third-order valence-corrected chi connectivity index (χ3v) is 3.53. The Hall–Kier alpha value is -1.33. The first-order valence-corrected chi connectivity index (χ1v) is 6.11. The average Bonchev–Trinajstić information content (AvgIpc) is 2.39. The molecule has 2 fully saturated rings. The number of fused-ring (bicyclic) bond motifs is 1. The quantitative estimate of drug-likeness (QED) is 0.751. The average molecular weight is 234 g/mol. The molecule has 92 valence electrons. The number of hydrogen-bond donors (Lipinski definition) is 1. The van der Waals surface area contributed by atoms with Gasteiger partial charge in [0, 0.05) is 26.2 Å². The lowest BCUT2D eigenvalue weighted by atomic mass is 10.1. The molecule has 0 amide bonds. The zero-order chi connectivity index (χ0) is 11.7. The molecule has 5 nitrogen and oxygen atoms in total. The smallest absolute Gasteiger partial charge is 0.128 e. The Morgan fingerprint density at radius 1 is 1.29 bits per heavy atom. The minimum atomic E-state index is 0.511. The molecule has 2 aliphatic rings. The largest absolute Gasteiger partial charge is 0.397 e. The van der Waals surface area contributed by atoms with Gasteiger partial charge in [0.2, 0.25) is 0 Å². The molecule has 1 aromatic heterocycles. The van der Waals surface area contributed by atoms with Crippen molar-refractivity contribution in [1.82, 2.24) is 9.88 Å². The molecule has 1 unspecified atom stereocenters. The van der Waals surface area contributed by atoms with Gasteiger partial charge in [0.1, 0.15) is 5.82 Å². The van der Waals surface area contributed by atoms with E-state index in [1.807, 2.05) is 12.1 Å². The fourth-order valence-corrected chi connectivity index (χ4v) is 2.54. The number of nitrogens with two attached hydrogens (primary N) is 1. The highest BCUT2D eigenvalue weighted by atomic mass is 16.5. The third kappa shape index (κ3) is 2.21. The van der Waals surface area contributed by atoms with Gasteiger partial charge in [-0.05, 0) is 12.1 Å². The van der Waals surface area contributed by atoms with Crippen LogP contribution in [-0.2, 0) is 4.74 Å². The van der Waals surface area contributed by atoms with Crippen LogP contribution in [0.3, 0.4) is 0 Å². The molecule has 3 heterocycles. The van der Waals surface area contributed by atoms with Crippen LogP contribution in [0.4, 0.5) is 11.5 Å². The molecule has 17 heavy (non-hydrogen) atoms. The summed E-state index contributed by atoms with van der Waals surface area (Å²) >= 11 is 0. The van der Waals surface area contributed by atoms with Gasteiger partial charge in [-0.3, -0.25) is 4.90 Å². The molecule has 5 heteroatoms. The van der Waals surface area contributed by atoms with E-state index in [0.29, 0.717) is 11.7 Å². The number of aromatic nitrogens is 1. The zero-order valence-corrected chi connectivity index (χ0v) is 9.88. The van der Waals surface area contributed by atoms with E-state index in [4.69, 9.17) is 10.5 Å². The minimum Gasteiger partial charge on any atom is -0.397 e. The molecule has 2 aliphatic heterocycles. The highest BCUT2D eigenvalue weighted by molar-refractivity contribution is 5.46. The number of piperazine rings is 1. The number of nitrogens with zero attached hydrogens (tertiary/aromatic N) is 3. The summed E-state index contributed by atoms with van der Waals surface area (Å²) in [6, 6.07) is 4.41. The van der Waals surface area contributed by atoms with E-state index < -0.39 is 0 Å². The van der Waals surface area contributed by atoms with Crippen LogP contribution in [0, 0.1) is 0 Å². The summed E-state index contributed by atoms with van der Waals surface area (Å²) < 4.78 is 5.53. The number of rotatable bonds is 1. The molecule has 0 bridgehead atoms. The summed E-state index contributed by atoms with van der Waals surface area (Å²) in [5.74, 6) is 1.02. The molecule has 0 aromatic carbocycles. The van der Waals surface area contributed by atoms with E-state index in [1.165, 1.54) is 0 Å². The maximum Gasteiger partial charge on any atom is 0.128 e. The molecule has 2 saturated heterocycles. The Morgan fingerprint density at radius 2 is 2.24 bits per heavy atom. The van der Waals surface area contributed by atoms with Crippen molar-refractivity contribution in [1.29, 1.82) is 0 Å². The summed E-state index contributed by atoms with van der Waals surface area (Å²) in [6.07, 6.45) is 1.72. The predicted octanol–water partition coefficient (Wildman–Crippen LogP) is 0.185. The first-order chi connectivity index (χ1) is 8.33. The topological polar surface area (TPSA) is 54.6 Å². The first-order valence-electron chi connectivity index (χ1n) is 6.11. The standard InChI is InChI=1S/C12H18N4O/c13-10-1-2-12(14-7-10)16-4-3-15-5-6-17-9-11(15)8-16/h1-2,7,11H,3-6,8-9,13H2. The first kappa shape index (κ1) is 10.8. The number of morpholine rings is 1. The van der Waals surface area contributed by atoms with Gasteiger partial charge in [-0.1, -0.05) is 0 Å². The Bertz CT molecular complexity index is 381.